The normalized spacial score (nSPS) is 24.4. The van der Waals surface area contributed by atoms with Crippen LogP contribution in [0.4, 0.5) is 13.2 Å². The number of aliphatic hydroxyl groups is 1. The number of sulfonamides is 1. The maximum Gasteiger partial charge on any atom is 0.415 e. The molecular formula is C15H22F3N3O3S. The van der Waals surface area contributed by atoms with Crippen LogP contribution < -0.4 is 0 Å². The van der Waals surface area contributed by atoms with Crippen molar-refractivity contribution in [2.24, 2.45) is 0 Å². The molecule has 2 aliphatic rings. The number of nitrogens with zero attached hydrogens (tertiary/aromatic N) is 3. The molecule has 1 aromatic heterocycles. The topological polar surface area (TPSA) is 75.4 Å². The minimum Gasteiger partial charge on any atom is -0.382 e. The lowest BCUT2D eigenvalue weighted by Gasteiger charge is -2.37. The van der Waals surface area contributed by atoms with Crippen LogP contribution in [0.15, 0.2) is 11.1 Å². The van der Waals surface area contributed by atoms with Gasteiger partial charge in [-0.1, -0.05) is 6.42 Å². The quantitative estimate of drug-likeness (QED) is 0.849. The summed E-state index contributed by atoms with van der Waals surface area (Å²) < 4.78 is 67.5. The Morgan fingerprint density at radius 1 is 1.32 bits per heavy atom. The summed E-state index contributed by atoms with van der Waals surface area (Å²) in [6.07, 6.45) is -3.57. The van der Waals surface area contributed by atoms with E-state index in [2.05, 4.69) is 5.10 Å². The van der Waals surface area contributed by atoms with Crippen LogP contribution in [-0.2, 0) is 16.6 Å². The minimum absolute atomic E-state index is 0.0133. The van der Waals surface area contributed by atoms with Crippen LogP contribution in [0.3, 0.4) is 0 Å². The lowest BCUT2D eigenvalue weighted by atomic mass is 9.99. The van der Waals surface area contributed by atoms with Gasteiger partial charge < -0.3 is 5.11 Å². The summed E-state index contributed by atoms with van der Waals surface area (Å²) in [5.74, 6) is 0.0494. The molecule has 1 aliphatic heterocycles. The van der Waals surface area contributed by atoms with E-state index in [0.29, 0.717) is 25.1 Å². The van der Waals surface area contributed by atoms with Crippen LogP contribution in [-0.4, -0.2) is 52.5 Å². The van der Waals surface area contributed by atoms with Crippen molar-refractivity contribution in [2.75, 3.05) is 6.54 Å². The smallest absolute Gasteiger partial charge is 0.382 e. The first-order chi connectivity index (χ1) is 11.7. The minimum atomic E-state index is -4.86. The average molecular weight is 381 g/mol. The van der Waals surface area contributed by atoms with E-state index in [4.69, 9.17) is 0 Å². The van der Waals surface area contributed by atoms with E-state index in [1.807, 2.05) is 6.92 Å². The van der Waals surface area contributed by atoms with Gasteiger partial charge in [-0.05, 0) is 32.6 Å². The fourth-order valence-corrected chi connectivity index (χ4v) is 5.23. The van der Waals surface area contributed by atoms with E-state index in [1.54, 1.807) is 0 Å². The number of hydrogen-bond acceptors (Lipinski definition) is 4. The molecule has 1 saturated heterocycles. The summed E-state index contributed by atoms with van der Waals surface area (Å²) >= 11 is 0. The second-order valence-corrected chi connectivity index (χ2v) is 8.53. The molecule has 1 N–H and O–H groups in total. The third-order valence-corrected chi connectivity index (χ3v) is 6.77. The first-order valence-corrected chi connectivity index (χ1v) is 9.94. The second-order valence-electron chi connectivity index (χ2n) is 6.67. The summed E-state index contributed by atoms with van der Waals surface area (Å²) in [5.41, 5.74) is 0.438. The second kappa shape index (κ2) is 6.55. The molecule has 1 saturated carbocycles. The number of aromatic nitrogens is 2. The SMILES string of the molecule is CCn1cc(S(=O)(=O)N2CCCCC2C(O)C(F)(F)F)c(C2CC2)n1. The predicted molar refractivity (Wildman–Crippen MR) is 83.5 cm³/mol. The maximum atomic E-state index is 13.1. The Bertz CT molecular complexity index is 728. The Hall–Kier alpha value is -1.13. The third-order valence-electron chi connectivity index (χ3n) is 4.83. The number of alkyl halides is 3. The van der Waals surface area contributed by atoms with Gasteiger partial charge in [-0.15, -0.1) is 0 Å². The molecule has 142 valence electrons. The van der Waals surface area contributed by atoms with Crippen molar-refractivity contribution in [3.63, 3.8) is 0 Å². The maximum absolute atomic E-state index is 13.1. The van der Waals surface area contributed by atoms with E-state index in [0.717, 1.165) is 17.1 Å². The Morgan fingerprint density at radius 2 is 2.00 bits per heavy atom. The molecule has 1 aliphatic carbocycles. The molecular weight excluding hydrogens is 359 g/mol. The molecule has 0 aromatic carbocycles. The molecule has 3 rings (SSSR count). The zero-order chi connectivity index (χ0) is 18.4. The molecule has 10 heteroatoms. The Morgan fingerprint density at radius 3 is 2.56 bits per heavy atom. The summed E-state index contributed by atoms with van der Waals surface area (Å²) in [4.78, 5) is -0.0156. The molecule has 1 aromatic rings. The first-order valence-electron chi connectivity index (χ1n) is 8.50. The van der Waals surface area contributed by atoms with Crippen molar-refractivity contribution in [1.29, 1.82) is 0 Å². The van der Waals surface area contributed by atoms with Gasteiger partial charge in [0.1, 0.15) is 4.90 Å². The number of halogens is 3. The van der Waals surface area contributed by atoms with Crippen LogP contribution in [0.1, 0.15) is 50.6 Å². The Balaban J connectivity index is 1.99. The predicted octanol–water partition coefficient (Wildman–Crippen LogP) is 2.25. The number of aryl methyl sites for hydroxylation is 1. The summed E-state index contributed by atoms with van der Waals surface area (Å²) in [5, 5.41) is 14.0. The molecule has 2 heterocycles. The van der Waals surface area contributed by atoms with E-state index >= 15 is 0 Å². The number of rotatable bonds is 5. The van der Waals surface area contributed by atoms with Crippen molar-refractivity contribution in [3.8, 4) is 0 Å². The summed E-state index contributed by atoms with van der Waals surface area (Å²) in [6, 6.07) is -1.49. The van der Waals surface area contributed by atoms with Gasteiger partial charge in [-0.3, -0.25) is 4.68 Å². The van der Waals surface area contributed by atoms with Crippen molar-refractivity contribution in [2.45, 2.75) is 74.7 Å². The van der Waals surface area contributed by atoms with Crippen molar-refractivity contribution in [1.82, 2.24) is 14.1 Å². The molecule has 2 fully saturated rings. The van der Waals surface area contributed by atoms with Crippen molar-refractivity contribution in [3.05, 3.63) is 11.9 Å². The van der Waals surface area contributed by atoms with Gasteiger partial charge in [0, 0.05) is 25.2 Å². The van der Waals surface area contributed by atoms with Crippen LogP contribution >= 0.6 is 0 Å². The monoisotopic (exact) mass is 381 g/mol. The number of aliphatic hydroxyl groups excluding tert-OH is 1. The average Bonchev–Trinajstić information content (AvgIpc) is 3.31. The van der Waals surface area contributed by atoms with E-state index in [9.17, 15) is 26.7 Å². The van der Waals surface area contributed by atoms with Gasteiger partial charge in [0.05, 0.1) is 11.7 Å². The highest BCUT2D eigenvalue weighted by Crippen LogP contribution is 2.43. The molecule has 25 heavy (non-hydrogen) atoms. The van der Waals surface area contributed by atoms with Gasteiger partial charge in [-0.2, -0.15) is 22.6 Å². The highest BCUT2D eigenvalue weighted by molar-refractivity contribution is 7.89. The van der Waals surface area contributed by atoms with Crippen LogP contribution in [0.25, 0.3) is 0 Å². The lowest BCUT2D eigenvalue weighted by molar-refractivity contribution is -0.219. The molecule has 0 amide bonds. The largest absolute Gasteiger partial charge is 0.415 e. The molecule has 6 nitrogen and oxygen atoms in total. The van der Waals surface area contributed by atoms with Gasteiger partial charge in [-0.25, -0.2) is 8.42 Å². The third kappa shape index (κ3) is 3.56. The van der Waals surface area contributed by atoms with E-state index in [1.165, 1.54) is 10.9 Å². The van der Waals surface area contributed by atoms with Gasteiger partial charge >= 0.3 is 6.18 Å². The molecule has 2 unspecified atom stereocenters. The van der Waals surface area contributed by atoms with Crippen LogP contribution in [0.2, 0.25) is 0 Å². The highest BCUT2D eigenvalue weighted by Gasteiger charge is 2.50. The zero-order valence-electron chi connectivity index (χ0n) is 13.9. The summed E-state index contributed by atoms with van der Waals surface area (Å²) in [7, 11) is -4.15. The lowest BCUT2D eigenvalue weighted by Crippen LogP contribution is -2.54. The Labute approximate surface area is 144 Å². The van der Waals surface area contributed by atoms with Gasteiger partial charge in [0.15, 0.2) is 6.10 Å². The number of hydrogen-bond donors (Lipinski definition) is 1. The molecule has 0 bridgehead atoms. The van der Waals surface area contributed by atoms with Gasteiger partial charge in [0.25, 0.3) is 0 Å². The Kier molecular flexibility index (Phi) is 4.89. The summed E-state index contributed by atoms with van der Waals surface area (Å²) in [6.45, 7) is 2.27. The molecule has 0 spiro atoms. The van der Waals surface area contributed by atoms with Crippen molar-refractivity contribution >= 4 is 10.0 Å². The van der Waals surface area contributed by atoms with Crippen molar-refractivity contribution < 1.29 is 26.7 Å². The van der Waals surface area contributed by atoms with Crippen LogP contribution in [0.5, 0.6) is 0 Å². The highest BCUT2D eigenvalue weighted by atomic mass is 32.2. The zero-order valence-corrected chi connectivity index (χ0v) is 14.7. The van der Waals surface area contributed by atoms with Gasteiger partial charge in [0.2, 0.25) is 10.0 Å². The fourth-order valence-electron chi connectivity index (χ4n) is 3.31. The fraction of sp³-hybridized carbons (Fsp3) is 0.800. The van der Waals surface area contributed by atoms with E-state index < -0.39 is 28.3 Å². The first kappa shape index (κ1) is 18.7. The van der Waals surface area contributed by atoms with E-state index in [-0.39, 0.29) is 23.8 Å². The molecule has 2 atom stereocenters. The van der Waals surface area contributed by atoms with Crippen LogP contribution in [0, 0.1) is 0 Å². The number of piperidine rings is 1. The molecule has 0 radical (unpaired) electrons. The standard InChI is InChI=1S/C15H22F3N3O3S/c1-2-20-9-12(13(19-20)10-6-7-10)25(23,24)21-8-4-3-5-11(21)14(22)15(16,17)18/h9-11,14,22H,2-8H2,1H3.